The second-order valence-corrected chi connectivity index (χ2v) is 4.17. The lowest BCUT2D eigenvalue weighted by Crippen LogP contribution is -2.04. The summed E-state index contributed by atoms with van der Waals surface area (Å²) >= 11 is 0. The van der Waals surface area contributed by atoms with Crippen molar-refractivity contribution in [2.45, 2.75) is 32.9 Å². The molecule has 1 heterocycles. The predicted molar refractivity (Wildman–Crippen MR) is 68.2 cm³/mol. The number of hydrogen-bond donors (Lipinski definition) is 1. The number of rotatable bonds is 5. The van der Waals surface area contributed by atoms with Crippen LogP contribution in [0.3, 0.4) is 0 Å². The first-order valence-corrected chi connectivity index (χ1v) is 6.14. The fourth-order valence-electron chi connectivity index (χ4n) is 1.87. The van der Waals surface area contributed by atoms with Gasteiger partial charge in [-0.15, -0.1) is 5.10 Å². The summed E-state index contributed by atoms with van der Waals surface area (Å²) in [5.74, 6) is -0.249. The molecule has 0 aliphatic rings. The van der Waals surface area contributed by atoms with Gasteiger partial charge in [-0.2, -0.15) is 0 Å². The van der Waals surface area contributed by atoms with Crippen LogP contribution in [0.2, 0.25) is 0 Å². The minimum atomic E-state index is -0.249. The van der Waals surface area contributed by atoms with Gasteiger partial charge in [-0.25, -0.2) is 9.07 Å². The number of benzene rings is 1. The Morgan fingerprint density at radius 2 is 2.00 bits per heavy atom. The maximum Gasteiger partial charge on any atom is 0.123 e. The monoisotopic (exact) mass is 248 g/mol. The molecule has 0 spiro atoms. The molecule has 0 fully saturated rings. The largest absolute Gasteiger partial charge is 0.325 e. The van der Waals surface area contributed by atoms with Crippen LogP contribution in [0, 0.1) is 5.82 Å². The highest BCUT2D eigenvalue weighted by Crippen LogP contribution is 2.22. The van der Waals surface area contributed by atoms with E-state index in [0.29, 0.717) is 6.54 Å². The van der Waals surface area contributed by atoms with Gasteiger partial charge < -0.3 is 5.73 Å². The van der Waals surface area contributed by atoms with Crippen LogP contribution < -0.4 is 5.73 Å². The van der Waals surface area contributed by atoms with E-state index in [1.165, 1.54) is 12.1 Å². The van der Waals surface area contributed by atoms with Crippen molar-refractivity contribution in [2.75, 3.05) is 0 Å². The molecular weight excluding hydrogens is 231 g/mol. The molecule has 2 aromatic rings. The highest BCUT2D eigenvalue weighted by atomic mass is 19.1. The van der Waals surface area contributed by atoms with Crippen molar-refractivity contribution in [1.82, 2.24) is 15.0 Å². The summed E-state index contributed by atoms with van der Waals surface area (Å²) < 4.78 is 14.8. The SMILES string of the molecule is CCCCn1nnc(CN)c1-c1ccc(F)cc1. The molecule has 1 aromatic carbocycles. The van der Waals surface area contributed by atoms with Crippen molar-refractivity contribution in [3.05, 3.63) is 35.8 Å². The van der Waals surface area contributed by atoms with Gasteiger partial charge in [0, 0.05) is 18.7 Å². The second-order valence-electron chi connectivity index (χ2n) is 4.17. The van der Waals surface area contributed by atoms with Crippen LogP contribution in [0.5, 0.6) is 0 Å². The zero-order valence-electron chi connectivity index (χ0n) is 10.4. The van der Waals surface area contributed by atoms with Crippen molar-refractivity contribution in [3.63, 3.8) is 0 Å². The van der Waals surface area contributed by atoms with E-state index < -0.39 is 0 Å². The van der Waals surface area contributed by atoms with Gasteiger partial charge in [0.05, 0.1) is 5.69 Å². The lowest BCUT2D eigenvalue weighted by molar-refractivity contribution is 0.557. The van der Waals surface area contributed by atoms with E-state index in [1.54, 1.807) is 12.1 Å². The van der Waals surface area contributed by atoms with Crippen molar-refractivity contribution >= 4 is 0 Å². The molecule has 2 N–H and O–H groups in total. The Bertz CT molecular complexity index is 504. The summed E-state index contributed by atoms with van der Waals surface area (Å²) in [6.45, 7) is 3.26. The minimum Gasteiger partial charge on any atom is -0.325 e. The summed E-state index contributed by atoms with van der Waals surface area (Å²) in [7, 11) is 0. The van der Waals surface area contributed by atoms with Crippen LogP contribution in [0.15, 0.2) is 24.3 Å². The molecule has 0 saturated heterocycles. The molecule has 0 aliphatic carbocycles. The lowest BCUT2D eigenvalue weighted by Gasteiger charge is -2.07. The van der Waals surface area contributed by atoms with Gasteiger partial charge in [0.15, 0.2) is 0 Å². The van der Waals surface area contributed by atoms with Crippen molar-refractivity contribution in [2.24, 2.45) is 5.73 Å². The quantitative estimate of drug-likeness (QED) is 0.883. The van der Waals surface area contributed by atoms with Crippen LogP contribution in [0.1, 0.15) is 25.5 Å². The number of unbranched alkanes of at least 4 members (excludes halogenated alkanes) is 1. The van der Waals surface area contributed by atoms with E-state index in [4.69, 9.17) is 5.73 Å². The number of halogens is 1. The van der Waals surface area contributed by atoms with Gasteiger partial charge in [-0.1, -0.05) is 18.6 Å². The first kappa shape index (κ1) is 12.7. The van der Waals surface area contributed by atoms with Gasteiger partial charge in [0.1, 0.15) is 11.5 Å². The van der Waals surface area contributed by atoms with E-state index in [-0.39, 0.29) is 5.82 Å². The fraction of sp³-hybridized carbons (Fsp3) is 0.385. The van der Waals surface area contributed by atoms with Gasteiger partial charge in [0.25, 0.3) is 0 Å². The third-order valence-corrected chi connectivity index (χ3v) is 2.84. The minimum absolute atomic E-state index is 0.249. The summed E-state index contributed by atoms with van der Waals surface area (Å²) in [4.78, 5) is 0. The standard InChI is InChI=1S/C13H17FN4/c1-2-3-8-18-13(12(9-15)16-17-18)10-4-6-11(14)7-5-10/h4-7H,2-3,8-9,15H2,1H3. The number of aromatic nitrogens is 3. The van der Waals surface area contributed by atoms with Crippen LogP contribution >= 0.6 is 0 Å². The highest BCUT2D eigenvalue weighted by molar-refractivity contribution is 5.61. The average Bonchev–Trinajstić information content (AvgIpc) is 2.80. The lowest BCUT2D eigenvalue weighted by atomic mass is 10.1. The zero-order valence-corrected chi connectivity index (χ0v) is 10.4. The Balaban J connectivity index is 2.39. The second kappa shape index (κ2) is 5.73. The molecular formula is C13H17FN4. The van der Waals surface area contributed by atoms with E-state index in [1.807, 2.05) is 4.68 Å². The molecule has 0 atom stereocenters. The molecule has 2 rings (SSSR count). The first-order valence-electron chi connectivity index (χ1n) is 6.14. The number of nitrogens with zero attached hydrogens (tertiary/aromatic N) is 3. The van der Waals surface area contributed by atoms with Gasteiger partial charge in [-0.05, 0) is 30.7 Å². The van der Waals surface area contributed by atoms with Crippen molar-refractivity contribution < 1.29 is 4.39 Å². The molecule has 0 unspecified atom stereocenters. The van der Waals surface area contributed by atoms with Gasteiger partial charge in [0.2, 0.25) is 0 Å². The van der Waals surface area contributed by atoms with Gasteiger partial charge in [-0.3, -0.25) is 0 Å². The Kier molecular flexibility index (Phi) is 4.04. The first-order chi connectivity index (χ1) is 8.76. The maximum atomic E-state index is 13.0. The smallest absolute Gasteiger partial charge is 0.123 e. The molecule has 96 valence electrons. The average molecular weight is 248 g/mol. The normalized spacial score (nSPS) is 10.8. The molecule has 5 heteroatoms. The number of aryl methyl sites for hydroxylation is 1. The van der Waals surface area contributed by atoms with E-state index in [9.17, 15) is 4.39 Å². The summed E-state index contributed by atoms with van der Waals surface area (Å²) in [6.07, 6.45) is 2.11. The summed E-state index contributed by atoms with van der Waals surface area (Å²) in [6, 6.07) is 6.34. The molecule has 1 aromatic heterocycles. The molecule has 4 nitrogen and oxygen atoms in total. The maximum absolute atomic E-state index is 13.0. The van der Waals surface area contributed by atoms with Crippen molar-refractivity contribution in [1.29, 1.82) is 0 Å². The summed E-state index contributed by atoms with van der Waals surface area (Å²) in [5.41, 5.74) is 8.21. The highest BCUT2D eigenvalue weighted by Gasteiger charge is 2.13. The van der Waals surface area contributed by atoms with E-state index >= 15 is 0 Å². The van der Waals surface area contributed by atoms with Crippen molar-refractivity contribution in [3.8, 4) is 11.3 Å². The fourth-order valence-corrected chi connectivity index (χ4v) is 1.87. The molecule has 0 radical (unpaired) electrons. The molecule has 18 heavy (non-hydrogen) atoms. The molecule has 0 aliphatic heterocycles. The number of hydrogen-bond acceptors (Lipinski definition) is 3. The number of nitrogens with two attached hydrogens (primary N) is 1. The van der Waals surface area contributed by atoms with Crippen LogP contribution in [-0.4, -0.2) is 15.0 Å². The third-order valence-electron chi connectivity index (χ3n) is 2.84. The molecule has 0 saturated carbocycles. The van der Waals surface area contributed by atoms with Gasteiger partial charge >= 0.3 is 0 Å². The Morgan fingerprint density at radius 1 is 1.28 bits per heavy atom. The van der Waals surface area contributed by atoms with Crippen LogP contribution in [-0.2, 0) is 13.1 Å². The third kappa shape index (κ3) is 2.56. The Labute approximate surface area is 106 Å². The Morgan fingerprint density at radius 3 is 2.61 bits per heavy atom. The summed E-state index contributed by atoms with van der Waals surface area (Å²) in [5, 5.41) is 8.20. The Hall–Kier alpha value is -1.75. The zero-order chi connectivity index (χ0) is 13.0. The predicted octanol–water partition coefficient (Wildman–Crippen LogP) is 2.34. The van der Waals surface area contributed by atoms with E-state index in [2.05, 4.69) is 17.2 Å². The topological polar surface area (TPSA) is 56.7 Å². The molecule has 0 amide bonds. The van der Waals surface area contributed by atoms with E-state index in [0.717, 1.165) is 36.3 Å². The molecule has 0 bridgehead atoms. The van der Waals surface area contributed by atoms with Crippen LogP contribution in [0.4, 0.5) is 4.39 Å². The van der Waals surface area contributed by atoms with Crippen LogP contribution in [0.25, 0.3) is 11.3 Å².